The second-order valence-electron chi connectivity index (χ2n) is 21.0. The number of unbranched alkanes of at least 4 members (excludes halogenated alkanes) is 16. The van der Waals surface area contributed by atoms with Gasteiger partial charge in [0.15, 0.2) is 0 Å². The van der Waals surface area contributed by atoms with Gasteiger partial charge in [-0.2, -0.15) is 0 Å². The number of carbonyl (C=O) groups excluding carboxylic acids is 1. The van der Waals surface area contributed by atoms with Crippen LogP contribution in [0, 0.1) is 0 Å². The predicted molar refractivity (Wildman–Crippen MR) is 336 cm³/mol. The number of aliphatic hydroxyl groups is 1. The van der Waals surface area contributed by atoms with Crippen LogP contribution in [0.1, 0.15) is 213 Å². The number of hydrogen-bond donors (Lipinski definition) is 3. The van der Waals surface area contributed by atoms with Crippen LogP contribution < -0.4 is 5.32 Å². The van der Waals surface area contributed by atoms with Crippen molar-refractivity contribution in [3.63, 3.8) is 0 Å². The molecule has 0 saturated heterocycles. The van der Waals surface area contributed by atoms with Crippen LogP contribution in [0.2, 0.25) is 0 Å². The van der Waals surface area contributed by atoms with Crippen molar-refractivity contribution in [1.29, 1.82) is 0 Å². The zero-order chi connectivity index (χ0) is 56.3. The summed E-state index contributed by atoms with van der Waals surface area (Å²) >= 11 is 0. The molecular formula is C68H114N2O6P+. The number of quaternary nitrogens is 1. The fourth-order valence-electron chi connectivity index (χ4n) is 7.75. The maximum atomic E-state index is 13.0. The fourth-order valence-corrected chi connectivity index (χ4v) is 8.48. The Morgan fingerprint density at radius 1 is 0.455 bits per heavy atom. The third-order valence-corrected chi connectivity index (χ3v) is 13.4. The van der Waals surface area contributed by atoms with Crippen LogP contribution in [-0.2, 0) is 18.4 Å². The summed E-state index contributed by atoms with van der Waals surface area (Å²) < 4.78 is 23.7. The van der Waals surface area contributed by atoms with Gasteiger partial charge in [-0.15, -0.1) is 0 Å². The van der Waals surface area contributed by atoms with Crippen LogP contribution in [0.3, 0.4) is 0 Å². The smallest absolute Gasteiger partial charge is 0.387 e. The fraction of sp³-hybridized carbons (Fsp3) is 0.603. The molecule has 0 bridgehead atoms. The Balaban J connectivity index is 4.21. The first-order valence-corrected chi connectivity index (χ1v) is 31.9. The van der Waals surface area contributed by atoms with Crippen molar-refractivity contribution in [3.05, 3.63) is 158 Å². The maximum absolute atomic E-state index is 13.0. The van der Waals surface area contributed by atoms with Crippen molar-refractivity contribution in [3.8, 4) is 0 Å². The first-order valence-electron chi connectivity index (χ1n) is 30.4. The Hall–Kier alpha value is -3.88. The lowest BCUT2D eigenvalue weighted by atomic mass is 10.1. The van der Waals surface area contributed by atoms with Crippen molar-refractivity contribution < 1.29 is 32.9 Å². The molecule has 0 radical (unpaired) electrons. The number of likely N-dealkylation sites (N-methyl/N-ethyl adjacent to an activating group) is 1. The standard InChI is InChI=1S/C68H113N2O6P/c1-6-8-10-12-14-16-18-20-22-24-25-26-27-28-29-30-31-32-33-34-35-36-37-38-39-40-41-42-43-44-45-46-48-50-52-54-56-58-60-62-68(72)69-66(65-76-77(73,74)75-64-63-70(3,4)5)67(71)61-59-57-55-53-51-49-47-23-21-19-17-15-13-11-9-7-2/h8,10,14,16,20-23,25-26,28-29,31-32,34-35,37-38,40-41,43-44,51,53,59,61,66-67,71H,6-7,9,11-13,15,17-19,24,27,30,33,36,39,42,45-50,52,54-58,60,62-65H2,1-5H3,(H-,69,72,73,74)/p+1/b10-8-,16-14-,22-20-,23-21+,26-25-,29-28-,32-31-,35-34-,38-37-,41-40-,44-43-,53-51+,61-59+. The summed E-state index contributed by atoms with van der Waals surface area (Å²) in [6.07, 6.45) is 89.3. The molecule has 3 N–H and O–H groups in total. The van der Waals surface area contributed by atoms with Crippen LogP contribution in [0.5, 0.6) is 0 Å². The van der Waals surface area contributed by atoms with Crippen molar-refractivity contribution >= 4 is 13.7 Å². The molecule has 0 aromatic heterocycles. The molecule has 0 heterocycles. The van der Waals surface area contributed by atoms with Gasteiger partial charge in [0.05, 0.1) is 39.9 Å². The van der Waals surface area contributed by atoms with Crippen LogP contribution in [-0.4, -0.2) is 73.4 Å². The van der Waals surface area contributed by atoms with Crippen LogP contribution in [0.4, 0.5) is 0 Å². The van der Waals surface area contributed by atoms with Gasteiger partial charge >= 0.3 is 7.82 Å². The minimum atomic E-state index is -4.37. The molecular weight excluding hydrogens is 972 g/mol. The first kappa shape index (κ1) is 73.1. The molecule has 0 aromatic rings. The minimum Gasteiger partial charge on any atom is -0.387 e. The highest BCUT2D eigenvalue weighted by Crippen LogP contribution is 2.43. The quantitative estimate of drug-likeness (QED) is 0.0243. The van der Waals surface area contributed by atoms with E-state index in [2.05, 4.69) is 165 Å². The molecule has 77 heavy (non-hydrogen) atoms. The Bertz CT molecular complexity index is 1810. The molecule has 0 rings (SSSR count). The predicted octanol–water partition coefficient (Wildman–Crippen LogP) is 19.0. The van der Waals surface area contributed by atoms with Gasteiger partial charge in [-0.05, 0) is 122 Å². The lowest BCUT2D eigenvalue weighted by Gasteiger charge is -2.25. The van der Waals surface area contributed by atoms with E-state index in [4.69, 9.17) is 9.05 Å². The Morgan fingerprint density at radius 2 is 0.792 bits per heavy atom. The normalized spacial score (nSPS) is 14.9. The van der Waals surface area contributed by atoms with Gasteiger partial charge in [0, 0.05) is 6.42 Å². The molecule has 3 unspecified atom stereocenters. The third kappa shape index (κ3) is 59.6. The van der Waals surface area contributed by atoms with Crippen LogP contribution >= 0.6 is 7.82 Å². The van der Waals surface area contributed by atoms with E-state index < -0.39 is 20.0 Å². The molecule has 1 amide bonds. The molecule has 3 atom stereocenters. The number of amides is 1. The molecule has 8 nitrogen and oxygen atoms in total. The van der Waals surface area contributed by atoms with Gasteiger partial charge < -0.3 is 19.8 Å². The number of phosphoric ester groups is 1. The number of phosphoric acid groups is 1. The second-order valence-corrected chi connectivity index (χ2v) is 22.4. The molecule has 0 spiro atoms. The highest BCUT2D eigenvalue weighted by Gasteiger charge is 2.27. The zero-order valence-corrected chi connectivity index (χ0v) is 50.5. The molecule has 0 aliphatic rings. The number of carbonyl (C=O) groups is 1. The number of allylic oxidation sites excluding steroid dienone is 25. The lowest BCUT2D eigenvalue weighted by molar-refractivity contribution is -0.870. The molecule has 0 aromatic carbocycles. The summed E-state index contributed by atoms with van der Waals surface area (Å²) in [6.45, 7) is 4.63. The summed E-state index contributed by atoms with van der Waals surface area (Å²) in [4.78, 5) is 23.3. The Labute approximate surface area is 473 Å². The molecule has 0 aliphatic heterocycles. The maximum Gasteiger partial charge on any atom is 0.472 e. The highest BCUT2D eigenvalue weighted by atomic mass is 31.2. The topological polar surface area (TPSA) is 105 Å². The third-order valence-electron chi connectivity index (χ3n) is 12.5. The van der Waals surface area contributed by atoms with Crippen LogP contribution in [0.25, 0.3) is 0 Å². The van der Waals surface area contributed by atoms with Crippen molar-refractivity contribution in [2.24, 2.45) is 0 Å². The Morgan fingerprint density at radius 3 is 1.19 bits per heavy atom. The molecule has 9 heteroatoms. The molecule has 0 fully saturated rings. The number of nitrogens with zero attached hydrogens (tertiary/aromatic N) is 1. The van der Waals surface area contributed by atoms with E-state index in [1.54, 1.807) is 6.08 Å². The summed E-state index contributed by atoms with van der Waals surface area (Å²) in [5.74, 6) is -0.207. The lowest BCUT2D eigenvalue weighted by Crippen LogP contribution is -2.45. The van der Waals surface area contributed by atoms with Gasteiger partial charge in [-0.25, -0.2) is 4.57 Å². The SMILES string of the molecule is CC/C=C\C/C=C\C/C=C\C/C=C\C/C=C\C/C=C\C/C=C\C/C=C\C/C=C\C/C=C\CCCCCCCCCCC(=O)NC(COP(=O)(O)OCC[N+](C)(C)C)C(O)/C=C/CC/C=C/CC/C=C/CCCCCCCC. The number of nitrogens with one attached hydrogen (secondary N) is 1. The van der Waals surface area contributed by atoms with E-state index in [1.807, 2.05) is 27.2 Å². The van der Waals surface area contributed by atoms with E-state index in [9.17, 15) is 19.4 Å². The van der Waals surface area contributed by atoms with Crippen molar-refractivity contribution in [2.45, 2.75) is 225 Å². The van der Waals surface area contributed by atoms with E-state index in [-0.39, 0.29) is 19.1 Å². The highest BCUT2D eigenvalue weighted by molar-refractivity contribution is 7.47. The minimum absolute atomic E-state index is 0.0436. The monoisotopic (exact) mass is 1090 g/mol. The second kappa shape index (κ2) is 56.8. The Kier molecular flexibility index (Phi) is 54.0. The first-order chi connectivity index (χ1) is 37.5. The zero-order valence-electron chi connectivity index (χ0n) is 49.6. The average Bonchev–Trinajstić information content (AvgIpc) is 3.39. The average molecular weight is 1090 g/mol. The van der Waals surface area contributed by atoms with E-state index in [1.165, 1.54) is 70.6 Å². The summed E-state index contributed by atoms with van der Waals surface area (Å²) in [5.41, 5.74) is 0. The van der Waals surface area contributed by atoms with E-state index in [0.29, 0.717) is 17.4 Å². The molecule has 436 valence electrons. The summed E-state index contributed by atoms with van der Waals surface area (Å²) in [5, 5.41) is 13.9. The largest absolute Gasteiger partial charge is 0.472 e. The van der Waals surface area contributed by atoms with Crippen molar-refractivity contribution in [1.82, 2.24) is 5.32 Å². The van der Waals surface area contributed by atoms with Gasteiger partial charge in [0.2, 0.25) is 5.91 Å². The van der Waals surface area contributed by atoms with Gasteiger partial charge in [0.25, 0.3) is 0 Å². The van der Waals surface area contributed by atoms with Crippen molar-refractivity contribution in [2.75, 3.05) is 40.9 Å². The number of rotatable bonds is 53. The van der Waals surface area contributed by atoms with Gasteiger partial charge in [0.1, 0.15) is 13.2 Å². The summed E-state index contributed by atoms with van der Waals surface area (Å²) in [6, 6.07) is -0.886. The van der Waals surface area contributed by atoms with E-state index in [0.717, 1.165) is 122 Å². The van der Waals surface area contributed by atoms with Gasteiger partial charge in [-0.1, -0.05) is 242 Å². The van der Waals surface area contributed by atoms with E-state index >= 15 is 0 Å². The number of aliphatic hydroxyl groups excluding tert-OH is 1. The molecule has 0 aliphatic carbocycles. The molecule has 0 saturated carbocycles. The van der Waals surface area contributed by atoms with Crippen LogP contribution in [0.15, 0.2) is 158 Å². The summed E-state index contributed by atoms with van der Waals surface area (Å²) in [7, 11) is 1.52. The van der Waals surface area contributed by atoms with Gasteiger partial charge in [-0.3, -0.25) is 13.8 Å². The number of hydrogen-bond acceptors (Lipinski definition) is 5.